The fourth-order valence-electron chi connectivity index (χ4n) is 2.56. The highest BCUT2D eigenvalue weighted by Gasteiger charge is 2.19. The molecule has 0 atom stereocenters. The maximum absolute atomic E-state index is 14.1. The monoisotopic (exact) mass is 295 g/mol. The van der Waals surface area contributed by atoms with Gasteiger partial charge < -0.3 is 15.4 Å². The fourth-order valence-corrected chi connectivity index (χ4v) is 2.56. The number of anilines is 1. The first kappa shape index (κ1) is 16.2. The number of benzene rings is 1. The van der Waals surface area contributed by atoms with Crippen LogP contribution in [0.25, 0.3) is 0 Å². The van der Waals surface area contributed by atoms with Crippen LogP contribution in [-0.4, -0.2) is 50.3 Å². The lowest BCUT2D eigenvalue weighted by Gasteiger charge is -2.36. The van der Waals surface area contributed by atoms with E-state index in [0.29, 0.717) is 12.2 Å². The highest BCUT2D eigenvalue weighted by Crippen LogP contribution is 2.21. The Balaban J connectivity index is 1.83. The molecular formula is C16H26FN3O. The molecule has 0 radical (unpaired) electrons. The van der Waals surface area contributed by atoms with E-state index < -0.39 is 0 Å². The lowest BCUT2D eigenvalue weighted by molar-refractivity contribution is 0.0578. The summed E-state index contributed by atoms with van der Waals surface area (Å²) in [5.41, 5.74) is 7.05. The third-order valence-corrected chi connectivity index (χ3v) is 3.82. The summed E-state index contributed by atoms with van der Waals surface area (Å²) in [6.45, 7) is 9.76. The van der Waals surface area contributed by atoms with Gasteiger partial charge in [-0.05, 0) is 31.5 Å². The fraction of sp³-hybridized carbons (Fsp3) is 0.625. The largest absolute Gasteiger partial charge is 0.377 e. The predicted octanol–water partition coefficient (Wildman–Crippen LogP) is 1.83. The van der Waals surface area contributed by atoms with Crippen LogP contribution < -0.4 is 10.6 Å². The number of hydrogen-bond donors (Lipinski definition) is 1. The Morgan fingerprint density at radius 2 is 1.95 bits per heavy atom. The predicted molar refractivity (Wildman–Crippen MR) is 84.0 cm³/mol. The first-order valence-electron chi connectivity index (χ1n) is 7.67. The third-order valence-electron chi connectivity index (χ3n) is 3.82. The highest BCUT2D eigenvalue weighted by atomic mass is 19.1. The maximum atomic E-state index is 14.1. The van der Waals surface area contributed by atoms with Crippen LogP contribution in [0, 0.1) is 5.82 Å². The van der Waals surface area contributed by atoms with Crippen LogP contribution in [0.2, 0.25) is 0 Å². The zero-order chi connectivity index (χ0) is 15.2. The summed E-state index contributed by atoms with van der Waals surface area (Å²) in [5, 5.41) is 0. The topological polar surface area (TPSA) is 41.7 Å². The molecule has 0 saturated carbocycles. The summed E-state index contributed by atoms with van der Waals surface area (Å²) < 4.78 is 19.7. The minimum absolute atomic E-state index is 0.172. The van der Waals surface area contributed by atoms with Crippen LogP contribution in [-0.2, 0) is 11.3 Å². The van der Waals surface area contributed by atoms with Gasteiger partial charge in [-0.25, -0.2) is 4.39 Å². The van der Waals surface area contributed by atoms with Crippen molar-refractivity contribution < 1.29 is 9.13 Å². The van der Waals surface area contributed by atoms with Crippen LogP contribution in [0.3, 0.4) is 0 Å². The van der Waals surface area contributed by atoms with Gasteiger partial charge in [0.2, 0.25) is 0 Å². The molecule has 0 aliphatic carbocycles. The molecule has 1 heterocycles. The molecular weight excluding hydrogens is 269 g/mol. The summed E-state index contributed by atoms with van der Waals surface area (Å²) in [5.74, 6) is -0.172. The summed E-state index contributed by atoms with van der Waals surface area (Å²) >= 11 is 0. The highest BCUT2D eigenvalue weighted by molar-refractivity contribution is 5.49. The van der Waals surface area contributed by atoms with E-state index in [9.17, 15) is 4.39 Å². The molecule has 2 rings (SSSR count). The van der Waals surface area contributed by atoms with Gasteiger partial charge in [-0.2, -0.15) is 0 Å². The van der Waals surface area contributed by atoms with E-state index in [1.54, 1.807) is 0 Å². The number of rotatable bonds is 6. The van der Waals surface area contributed by atoms with Crippen LogP contribution >= 0.6 is 0 Å². The lowest BCUT2D eigenvalue weighted by Crippen LogP contribution is -2.47. The van der Waals surface area contributed by atoms with Crippen molar-refractivity contribution in [1.82, 2.24) is 4.90 Å². The second-order valence-corrected chi connectivity index (χ2v) is 5.74. The van der Waals surface area contributed by atoms with Gasteiger partial charge >= 0.3 is 0 Å². The molecule has 4 nitrogen and oxygen atoms in total. The van der Waals surface area contributed by atoms with Crippen molar-refractivity contribution in [2.75, 3.05) is 44.2 Å². The number of halogens is 1. The second kappa shape index (κ2) is 7.73. The summed E-state index contributed by atoms with van der Waals surface area (Å²) in [6, 6.07) is 5.29. The molecule has 0 aromatic heterocycles. The molecule has 2 N–H and O–H groups in total. The Kier molecular flexibility index (Phi) is 5.96. The number of nitrogens with zero attached hydrogens (tertiary/aromatic N) is 2. The van der Waals surface area contributed by atoms with E-state index >= 15 is 0 Å². The number of nitrogens with two attached hydrogens (primary N) is 1. The van der Waals surface area contributed by atoms with Crippen molar-refractivity contribution in [3.63, 3.8) is 0 Å². The average Bonchev–Trinajstić information content (AvgIpc) is 2.47. The Morgan fingerprint density at radius 1 is 1.24 bits per heavy atom. The molecule has 0 unspecified atom stereocenters. The van der Waals surface area contributed by atoms with Gasteiger partial charge in [0.1, 0.15) is 5.82 Å². The van der Waals surface area contributed by atoms with E-state index in [1.807, 2.05) is 26.0 Å². The normalized spacial score (nSPS) is 16.7. The standard InChI is InChI=1S/C16H26FN3O/c1-13(2)21-10-9-19-5-7-20(8-6-19)16-4-3-14(12-18)11-15(16)17/h3-4,11,13H,5-10,12,18H2,1-2H3. The summed E-state index contributed by atoms with van der Waals surface area (Å²) in [4.78, 5) is 4.47. The van der Waals surface area contributed by atoms with E-state index in [2.05, 4.69) is 9.80 Å². The second-order valence-electron chi connectivity index (χ2n) is 5.74. The van der Waals surface area contributed by atoms with E-state index in [1.165, 1.54) is 6.07 Å². The molecule has 118 valence electrons. The summed E-state index contributed by atoms with van der Waals surface area (Å²) in [7, 11) is 0. The minimum atomic E-state index is -0.172. The van der Waals surface area contributed by atoms with Gasteiger partial charge in [0.25, 0.3) is 0 Å². The smallest absolute Gasteiger partial charge is 0.146 e. The SMILES string of the molecule is CC(C)OCCN1CCN(c2ccc(CN)cc2F)CC1. The van der Waals surface area contributed by atoms with Crippen molar-refractivity contribution in [2.45, 2.75) is 26.5 Å². The van der Waals surface area contributed by atoms with Gasteiger partial charge in [0.15, 0.2) is 0 Å². The Bertz CT molecular complexity index is 445. The van der Waals surface area contributed by atoms with Crippen molar-refractivity contribution in [1.29, 1.82) is 0 Å². The Labute approximate surface area is 126 Å². The quantitative estimate of drug-likeness (QED) is 0.869. The summed E-state index contributed by atoms with van der Waals surface area (Å²) in [6.07, 6.45) is 0.279. The lowest BCUT2D eigenvalue weighted by atomic mass is 10.1. The molecule has 5 heteroatoms. The average molecular weight is 295 g/mol. The van der Waals surface area contributed by atoms with Gasteiger partial charge in [0.05, 0.1) is 18.4 Å². The molecule has 1 aromatic carbocycles. The molecule has 0 amide bonds. The number of hydrogen-bond acceptors (Lipinski definition) is 4. The van der Waals surface area contributed by atoms with Gasteiger partial charge in [-0.1, -0.05) is 6.07 Å². The van der Waals surface area contributed by atoms with Gasteiger partial charge in [-0.15, -0.1) is 0 Å². The Hall–Kier alpha value is -1.17. The van der Waals surface area contributed by atoms with Crippen molar-refractivity contribution in [2.24, 2.45) is 5.73 Å². The van der Waals surface area contributed by atoms with E-state index in [4.69, 9.17) is 10.5 Å². The van der Waals surface area contributed by atoms with Crippen molar-refractivity contribution in [3.8, 4) is 0 Å². The molecule has 1 fully saturated rings. The molecule has 0 bridgehead atoms. The minimum Gasteiger partial charge on any atom is -0.377 e. The maximum Gasteiger partial charge on any atom is 0.146 e. The molecule has 21 heavy (non-hydrogen) atoms. The van der Waals surface area contributed by atoms with Crippen LogP contribution in [0.1, 0.15) is 19.4 Å². The molecule has 1 aliphatic heterocycles. The van der Waals surface area contributed by atoms with E-state index in [0.717, 1.165) is 44.9 Å². The van der Waals surface area contributed by atoms with Crippen molar-refractivity contribution >= 4 is 5.69 Å². The zero-order valence-electron chi connectivity index (χ0n) is 13.0. The van der Waals surface area contributed by atoms with Crippen LogP contribution in [0.15, 0.2) is 18.2 Å². The number of piperazine rings is 1. The van der Waals surface area contributed by atoms with Crippen molar-refractivity contribution in [3.05, 3.63) is 29.6 Å². The first-order chi connectivity index (χ1) is 10.1. The van der Waals surface area contributed by atoms with Gasteiger partial charge in [-0.3, -0.25) is 4.90 Å². The zero-order valence-corrected chi connectivity index (χ0v) is 13.0. The van der Waals surface area contributed by atoms with E-state index in [-0.39, 0.29) is 11.9 Å². The van der Waals surface area contributed by atoms with Gasteiger partial charge in [0, 0.05) is 39.3 Å². The van der Waals surface area contributed by atoms with Crippen LogP contribution in [0.5, 0.6) is 0 Å². The first-order valence-corrected chi connectivity index (χ1v) is 7.67. The molecule has 1 aliphatic rings. The molecule has 1 aromatic rings. The molecule has 1 saturated heterocycles. The third kappa shape index (κ3) is 4.66. The Morgan fingerprint density at radius 3 is 2.52 bits per heavy atom. The van der Waals surface area contributed by atoms with Crippen LogP contribution in [0.4, 0.5) is 10.1 Å². The number of ether oxygens (including phenoxy) is 1. The molecule has 0 spiro atoms.